The van der Waals surface area contributed by atoms with Gasteiger partial charge in [-0.1, -0.05) is 20.8 Å². The molecule has 0 saturated carbocycles. The number of hydrogen-bond donors (Lipinski definition) is 0. The lowest BCUT2D eigenvalue weighted by atomic mass is 9.88. The van der Waals surface area contributed by atoms with Gasteiger partial charge in [0.15, 0.2) is 5.65 Å². The molecule has 0 aliphatic carbocycles. The number of nitrogens with zero attached hydrogens (tertiary/aromatic N) is 3. The van der Waals surface area contributed by atoms with Crippen molar-refractivity contribution in [2.75, 3.05) is 0 Å². The smallest absolute Gasteiger partial charge is 0.159 e. The Morgan fingerprint density at radius 1 is 1.31 bits per heavy atom. The molecule has 0 unspecified atom stereocenters. The SMILES string of the molecule is Cc1nc2c(CC(C)(C)C)ccnc2n1C. The Labute approximate surface area is 96.5 Å². The summed E-state index contributed by atoms with van der Waals surface area (Å²) < 4.78 is 2.04. The summed E-state index contributed by atoms with van der Waals surface area (Å²) in [6, 6.07) is 2.08. The van der Waals surface area contributed by atoms with E-state index in [4.69, 9.17) is 0 Å². The van der Waals surface area contributed by atoms with Crippen LogP contribution >= 0.6 is 0 Å². The fourth-order valence-corrected chi connectivity index (χ4v) is 1.95. The van der Waals surface area contributed by atoms with Crippen LogP contribution in [0.15, 0.2) is 12.3 Å². The molecule has 0 atom stereocenters. The van der Waals surface area contributed by atoms with Crippen LogP contribution < -0.4 is 0 Å². The Bertz CT molecular complexity index is 518. The van der Waals surface area contributed by atoms with E-state index < -0.39 is 0 Å². The van der Waals surface area contributed by atoms with E-state index in [9.17, 15) is 0 Å². The predicted octanol–water partition coefficient (Wildman–Crippen LogP) is 2.87. The normalized spacial score (nSPS) is 12.3. The Morgan fingerprint density at radius 2 is 2.00 bits per heavy atom. The highest BCUT2D eigenvalue weighted by atomic mass is 15.1. The molecular weight excluding hydrogens is 198 g/mol. The zero-order valence-corrected chi connectivity index (χ0v) is 10.7. The number of hydrogen-bond acceptors (Lipinski definition) is 2. The first-order valence-electron chi connectivity index (χ1n) is 5.65. The molecule has 2 rings (SSSR count). The van der Waals surface area contributed by atoms with Crippen molar-refractivity contribution in [1.29, 1.82) is 0 Å². The van der Waals surface area contributed by atoms with Crippen LogP contribution in [0.5, 0.6) is 0 Å². The largest absolute Gasteiger partial charge is 0.316 e. The Hall–Kier alpha value is -1.38. The van der Waals surface area contributed by atoms with Crippen LogP contribution in [0.25, 0.3) is 11.2 Å². The maximum Gasteiger partial charge on any atom is 0.159 e. The van der Waals surface area contributed by atoms with Crippen molar-refractivity contribution in [2.24, 2.45) is 12.5 Å². The van der Waals surface area contributed by atoms with Gasteiger partial charge >= 0.3 is 0 Å². The van der Waals surface area contributed by atoms with Crippen molar-refractivity contribution in [2.45, 2.75) is 34.1 Å². The van der Waals surface area contributed by atoms with Crippen molar-refractivity contribution in [3.05, 3.63) is 23.7 Å². The molecule has 0 bridgehead atoms. The molecule has 3 heteroatoms. The summed E-state index contributed by atoms with van der Waals surface area (Å²) in [6.45, 7) is 8.75. The molecule has 0 aliphatic heterocycles. The summed E-state index contributed by atoms with van der Waals surface area (Å²) in [5, 5.41) is 0. The van der Waals surface area contributed by atoms with E-state index in [2.05, 4.69) is 36.8 Å². The van der Waals surface area contributed by atoms with E-state index in [-0.39, 0.29) is 5.41 Å². The van der Waals surface area contributed by atoms with Crippen LogP contribution in [-0.4, -0.2) is 14.5 Å². The topological polar surface area (TPSA) is 30.7 Å². The maximum absolute atomic E-state index is 4.60. The van der Waals surface area contributed by atoms with Gasteiger partial charge < -0.3 is 4.57 Å². The quantitative estimate of drug-likeness (QED) is 0.735. The second-order valence-electron chi connectivity index (χ2n) is 5.60. The highest BCUT2D eigenvalue weighted by molar-refractivity contribution is 5.75. The first kappa shape index (κ1) is 11.1. The van der Waals surface area contributed by atoms with Gasteiger partial charge in [0, 0.05) is 13.2 Å². The van der Waals surface area contributed by atoms with Crippen molar-refractivity contribution < 1.29 is 0 Å². The Kier molecular flexibility index (Phi) is 2.49. The molecule has 3 nitrogen and oxygen atoms in total. The third-order valence-electron chi connectivity index (χ3n) is 2.79. The number of pyridine rings is 1. The average molecular weight is 217 g/mol. The minimum absolute atomic E-state index is 0.277. The lowest BCUT2D eigenvalue weighted by Gasteiger charge is -2.17. The fourth-order valence-electron chi connectivity index (χ4n) is 1.95. The Balaban J connectivity index is 2.58. The highest BCUT2D eigenvalue weighted by Gasteiger charge is 2.16. The molecule has 0 N–H and O–H groups in total. The number of rotatable bonds is 1. The molecule has 0 aromatic carbocycles. The van der Waals surface area contributed by atoms with Crippen molar-refractivity contribution in [1.82, 2.24) is 14.5 Å². The van der Waals surface area contributed by atoms with Crippen LogP contribution in [0, 0.1) is 12.3 Å². The monoisotopic (exact) mass is 217 g/mol. The van der Waals surface area contributed by atoms with Gasteiger partial charge in [0.25, 0.3) is 0 Å². The van der Waals surface area contributed by atoms with E-state index in [0.29, 0.717) is 0 Å². The molecule has 0 saturated heterocycles. The molecule has 0 radical (unpaired) electrons. The summed E-state index contributed by atoms with van der Waals surface area (Å²) in [5.74, 6) is 1.02. The van der Waals surface area contributed by atoms with Gasteiger partial charge in [-0.25, -0.2) is 9.97 Å². The first-order chi connectivity index (χ1) is 7.38. The van der Waals surface area contributed by atoms with Gasteiger partial charge in [-0.15, -0.1) is 0 Å². The Morgan fingerprint density at radius 3 is 2.62 bits per heavy atom. The molecular formula is C13H19N3. The zero-order valence-electron chi connectivity index (χ0n) is 10.7. The van der Waals surface area contributed by atoms with Crippen molar-refractivity contribution in [3.8, 4) is 0 Å². The third kappa shape index (κ3) is 1.94. The molecule has 0 amide bonds. The minimum Gasteiger partial charge on any atom is -0.316 e. The number of aromatic nitrogens is 3. The second kappa shape index (κ2) is 3.58. The zero-order chi connectivity index (χ0) is 11.9. The average Bonchev–Trinajstić information content (AvgIpc) is 2.43. The number of aryl methyl sites for hydroxylation is 2. The van der Waals surface area contributed by atoms with Crippen LogP contribution in [-0.2, 0) is 13.5 Å². The van der Waals surface area contributed by atoms with Gasteiger partial charge in [-0.3, -0.25) is 0 Å². The third-order valence-corrected chi connectivity index (χ3v) is 2.79. The molecule has 0 fully saturated rings. The molecule has 2 heterocycles. The summed E-state index contributed by atoms with van der Waals surface area (Å²) in [4.78, 5) is 8.99. The van der Waals surface area contributed by atoms with E-state index in [0.717, 1.165) is 23.4 Å². The molecule has 0 aliphatic rings. The van der Waals surface area contributed by atoms with Crippen LogP contribution in [0.3, 0.4) is 0 Å². The van der Waals surface area contributed by atoms with Gasteiger partial charge in [0.2, 0.25) is 0 Å². The summed E-state index contributed by atoms with van der Waals surface area (Å²) in [5.41, 5.74) is 3.61. The van der Waals surface area contributed by atoms with Crippen molar-refractivity contribution >= 4 is 11.2 Å². The lowest BCUT2D eigenvalue weighted by Crippen LogP contribution is -2.09. The molecule has 2 aromatic heterocycles. The lowest BCUT2D eigenvalue weighted by molar-refractivity contribution is 0.412. The maximum atomic E-state index is 4.60. The van der Waals surface area contributed by atoms with Crippen LogP contribution in [0.1, 0.15) is 32.2 Å². The molecule has 2 aromatic rings. The first-order valence-corrected chi connectivity index (χ1v) is 5.65. The predicted molar refractivity (Wildman–Crippen MR) is 66.4 cm³/mol. The van der Waals surface area contributed by atoms with Crippen molar-refractivity contribution in [3.63, 3.8) is 0 Å². The van der Waals surface area contributed by atoms with Gasteiger partial charge in [-0.05, 0) is 30.4 Å². The summed E-state index contributed by atoms with van der Waals surface area (Å²) in [6.07, 6.45) is 2.91. The molecule has 16 heavy (non-hydrogen) atoms. The van der Waals surface area contributed by atoms with Gasteiger partial charge in [0.1, 0.15) is 11.3 Å². The van der Waals surface area contributed by atoms with Gasteiger partial charge in [-0.2, -0.15) is 0 Å². The van der Waals surface area contributed by atoms with E-state index >= 15 is 0 Å². The summed E-state index contributed by atoms with van der Waals surface area (Å²) in [7, 11) is 2.01. The number of fused-ring (bicyclic) bond motifs is 1. The minimum atomic E-state index is 0.277. The molecule has 86 valence electrons. The van der Waals surface area contributed by atoms with E-state index in [1.54, 1.807) is 0 Å². The molecule has 0 spiro atoms. The van der Waals surface area contributed by atoms with Gasteiger partial charge in [0.05, 0.1) is 0 Å². The second-order valence-corrected chi connectivity index (χ2v) is 5.60. The fraction of sp³-hybridized carbons (Fsp3) is 0.538. The van der Waals surface area contributed by atoms with E-state index in [1.807, 2.05) is 24.7 Å². The van der Waals surface area contributed by atoms with E-state index in [1.165, 1.54) is 5.56 Å². The standard InChI is InChI=1S/C13H19N3/c1-9-15-11-10(8-13(2,3)4)6-7-14-12(11)16(9)5/h6-7H,8H2,1-5H3. The van der Waals surface area contributed by atoms with Crippen LogP contribution in [0.2, 0.25) is 0 Å². The number of imidazole rings is 1. The van der Waals surface area contributed by atoms with Crippen LogP contribution in [0.4, 0.5) is 0 Å². The summed E-state index contributed by atoms with van der Waals surface area (Å²) >= 11 is 0. The highest BCUT2D eigenvalue weighted by Crippen LogP contribution is 2.25.